The van der Waals surface area contributed by atoms with Crippen LogP contribution in [0.25, 0.3) is 0 Å². The molecule has 132 valence electrons. The van der Waals surface area contributed by atoms with E-state index >= 15 is 0 Å². The largest absolute Gasteiger partial charge is 0.422 e. The highest BCUT2D eigenvalue weighted by Crippen LogP contribution is 2.58. The number of amides is 1. The summed E-state index contributed by atoms with van der Waals surface area (Å²) >= 11 is 0. The molecule has 1 aromatic carbocycles. The lowest BCUT2D eigenvalue weighted by atomic mass is 10.1. The van der Waals surface area contributed by atoms with E-state index in [2.05, 4.69) is 10.3 Å². The number of hydrogen-bond acceptors (Lipinski definition) is 5. The van der Waals surface area contributed by atoms with Crippen molar-refractivity contribution < 1.29 is 31.6 Å². The average molecular weight is 364 g/mol. The first-order valence-electron chi connectivity index (χ1n) is 7.17. The number of benzene rings is 1. The van der Waals surface area contributed by atoms with Crippen molar-refractivity contribution in [1.29, 1.82) is 0 Å². The van der Waals surface area contributed by atoms with Gasteiger partial charge in [-0.2, -0.15) is 13.2 Å². The molecule has 0 saturated carbocycles. The minimum atomic E-state index is -5.01. The van der Waals surface area contributed by atoms with Gasteiger partial charge in [-0.05, 0) is 19.9 Å². The van der Waals surface area contributed by atoms with Gasteiger partial charge in [0.25, 0.3) is 5.91 Å². The highest BCUT2D eigenvalue weighted by atomic mass is 31.2. The topological polar surface area (TPSA) is 77.0 Å². The second-order valence-corrected chi connectivity index (χ2v) is 6.85. The zero-order valence-corrected chi connectivity index (χ0v) is 13.9. The molecule has 1 atom stereocenters. The molecule has 0 aliphatic carbocycles. The molecular formula is C14H16F3N2O4P. The lowest BCUT2D eigenvalue weighted by Gasteiger charge is -2.25. The fourth-order valence-corrected chi connectivity index (χ4v) is 3.91. The van der Waals surface area contributed by atoms with Gasteiger partial charge in [0.2, 0.25) is 5.78 Å². The fourth-order valence-electron chi connectivity index (χ4n) is 2.21. The highest BCUT2D eigenvalue weighted by molar-refractivity contribution is 7.54. The van der Waals surface area contributed by atoms with Crippen LogP contribution in [0.15, 0.2) is 29.3 Å². The Morgan fingerprint density at radius 2 is 1.79 bits per heavy atom. The number of halogens is 3. The Morgan fingerprint density at radius 3 is 2.33 bits per heavy atom. The van der Waals surface area contributed by atoms with Crippen molar-refractivity contribution in [2.75, 3.05) is 18.5 Å². The van der Waals surface area contributed by atoms with Crippen molar-refractivity contribution in [2.24, 2.45) is 4.99 Å². The van der Waals surface area contributed by atoms with Gasteiger partial charge in [0, 0.05) is 5.56 Å². The molecule has 1 aliphatic heterocycles. The first-order valence-corrected chi connectivity index (χ1v) is 8.78. The van der Waals surface area contributed by atoms with Gasteiger partial charge < -0.3 is 14.4 Å². The van der Waals surface area contributed by atoms with Crippen molar-refractivity contribution in [3.63, 3.8) is 0 Å². The predicted molar refractivity (Wildman–Crippen MR) is 82.3 cm³/mol. The number of rotatable bonds is 6. The van der Waals surface area contributed by atoms with Gasteiger partial charge in [-0.3, -0.25) is 14.4 Å². The SMILES string of the molecule is CCOP(=O)(OCC)[C@H](/N=C1\C(=O)Nc2ccccc21)C(F)(F)F. The Kier molecular flexibility index (Phi) is 5.47. The zero-order chi connectivity index (χ0) is 18.0. The highest BCUT2D eigenvalue weighted by Gasteiger charge is 2.55. The monoisotopic (exact) mass is 364 g/mol. The first-order chi connectivity index (χ1) is 11.2. The molecular weight excluding hydrogens is 348 g/mol. The normalized spacial score (nSPS) is 17.7. The average Bonchev–Trinajstić information content (AvgIpc) is 2.79. The number of para-hydroxylation sites is 1. The molecule has 0 unspecified atom stereocenters. The number of carbonyl (C=O) groups is 1. The Hall–Kier alpha value is -1.70. The third-order valence-electron chi connectivity index (χ3n) is 3.11. The summed E-state index contributed by atoms with van der Waals surface area (Å²) in [5.74, 6) is -3.58. The maximum atomic E-state index is 13.4. The summed E-state index contributed by atoms with van der Waals surface area (Å²) in [5, 5.41) is 2.41. The van der Waals surface area contributed by atoms with Gasteiger partial charge in [0.05, 0.1) is 18.9 Å². The molecule has 0 radical (unpaired) electrons. The number of carbonyl (C=O) groups excluding carboxylic acids is 1. The van der Waals surface area contributed by atoms with Gasteiger partial charge in [0.1, 0.15) is 5.71 Å². The molecule has 0 fully saturated rings. The van der Waals surface area contributed by atoms with Crippen LogP contribution in [0.3, 0.4) is 0 Å². The molecule has 1 heterocycles. The molecule has 6 nitrogen and oxygen atoms in total. The van der Waals surface area contributed by atoms with Gasteiger partial charge in [-0.15, -0.1) is 0 Å². The smallest absolute Gasteiger partial charge is 0.320 e. The van der Waals surface area contributed by atoms with Crippen molar-refractivity contribution in [1.82, 2.24) is 0 Å². The van der Waals surface area contributed by atoms with Crippen molar-refractivity contribution >= 4 is 24.9 Å². The molecule has 0 bridgehead atoms. The summed E-state index contributed by atoms with van der Waals surface area (Å²) in [4.78, 5) is 15.4. The molecule has 10 heteroatoms. The van der Waals surface area contributed by atoms with Gasteiger partial charge in [-0.1, -0.05) is 18.2 Å². The number of nitrogens with zero attached hydrogens (tertiary/aromatic N) is 1. The van der Waals surface area contributed by atoms with Crippen LogP contribution >= 0.6 is 7.60 Å². The quantitative estimate of drug-likeness (QED) is 0.783. The number of hydrogen-bond donors (Lipinski definition) is 1. The maximum Gasteiger partial charge on any atom is 0.422 e. The van der Waals surface area contributed by atoms with Crippen LogP contribution in [-0.4, -0.2) is 36.8 Å². The molecule has 0 aromatic heterocycles. The molecule has 1 N–H and O–H groups in total. The van der Waals surface area contributed by atoms with Gasteiger partial charge in [0.15, 0.2) is 0 Å². The van der Waals surface area contributed by atoms with Crippen LogP contribution in [0.4, 0.5) is 18.9 Å². The predicted octanol–water partition coefficient (Wildman–Crippen LogP) is 3.58. The van der Waals surface area contributed by atoms with E-state index in [1.54, 1.807) is 12.1 Å². The zero-order valence-electron chi connectivity index (χ0n) is 13.0. The van der Waals surface area contributed by atoms with E-state index in [9.17, 15) is 22.5 Å². The van der Waals surface area contributed by atoms with Crippen LogP contribution in [0.1, 0.15) is 19.4 Å². The summed E-state index contributed by atoms with van der Waals surface area (Å²) in [6.45, 7) is 2.28. The van der Waals surface area contributed by atoms with E-state index in [1.807, 2.05) is 0 Å². The standard InChI is InChI=1S/C14H16F3N2O4P/c1-3-22-24(21,23-4-2)13(14(15,16)17)19-11-9-7-5-6-8-10(9)18-12(11)20/h5-8,13H,3-4H2,1-2H3,(H,18,19,20)/t13-/m0/s1. The molecule has 2 rings (SSSR count). The van der Waals surface area contributed by atoms with E-state index < -0.39 is 31.2 Å². The van der Waals surface area contributed by atoms with Gasteiger partial charge >= 0.3 is 13.8 Å². The van der Waals surface area contributed by atoms with E-state index in [1.165, 1.54) is 26.0 Å². The number of anilines is 1. The summed E-state index contributed by atoms with van der Waals surface area (Å²) in [6.07, 6.45) is -5.01. The third kappa shape index (κ3) is 3.68. The fraction of sp³-hybridized carbons (Fsp3) is 0.429. The number of nitrogens with one attached hydrogen (secondary N) is 1. The van der Waals surface area contributed by atoms with Crippen LogP contribution in [-0.2, 0) is 18.4 Å². The second kappa shape index (κ2) is 7.04. The van der Waals surface area contributed by atoms with E-state index in [0.717, 1.165) is 0 Å². The molecule has 24 heavy (non-hydrogen) atoms. The van der Waals surface area contributed by atoms with E-state index in [4.69, 9.17) is 9.05 Å². The number of aliphatic imine (C=N–C) groups is 1. The lowest BCUT2D eigenvalue weighted by molar-refractivity contribution is -0.133. The summed E-state index contributed by atoms with van der Waals surface area (Å²) in [7, 11) is -4.63. The molecule has 1 aliphatic rings. The summed E-state index contributed by atoms with van der Waals surface area (Å²) in [5.41, 5.74) is 0.0914. The molecule has 0 saturated heterocycles. The van der Waals surface area contributed by atoms with Crippen LogP contribution in [0.2, 0.25) is 0 Å². The minimum Gasteiger partial charge on any atom is -0.320 e. The summed E-state index contributed by atoms with van der Waals surface area (Å²) in [6, 6.07) is 6.16. The summed E-state index contributed by atoms with van der Waals surface area (Å²) < 4.78 is 62.4. The molecule has 1 aromatic rings. The van der Waals surface area contributed by atoms with E-state index in [-0.39, 0.29) is 18.8 Å². The van der Waals surface area contributed by atoms with Crippen molar-refractivity contribution in [2.45, 2.75) is 25.8 Å². The molecule has 0 spiro atoms. The Balaban J connectivity index is 2.54. The van der Waals surface area contributed by atoms with Crippen molar-refractivity contribution in [3.05, 3.63) is 29.8 Å². The van der Waals surface area contributed by atoms with E-state index in [0.29, 0.717) is 5.69 Å². The maximum absolute atomic E-state index is 13.4. The Bertz CT molecular complexity index is 696. The van der Waals surface area contributed by atoms with Gasteiger partial charge in [-0.25, -0.2) is 0 Å². The van der Waals surface area contributed by atoms with Crippen molar-refractivity contribution in [3.8, 4) is 0 Å². The van der Waals surface area contributed by atoms with Crippen LogP contribution < -0.4 is 5.32 Å². The molecule has 1 amide bonds. The number of fused-ring (bicyclic) bond motifs is 1. The first kappa shape index (κ1) is 18.6. The lowest BCUT2D eigenvalue weighted by Crippen LogP contribution is -2.31. The Labute approximate surface area is 136 Å². The van der Waals surface area contributed by atoms with Crippen LogP contribution in [0, 0.1) is 0 Å². The second-order valence-electron chi connectivity index (χ2n) is 4.77. The Morgan fingerprint density at radius 1 is 1.21 bits per heavy atom. The number of alkyl halides is 3. The minimum absolute atomic E-state index is 0.205. The van der Waals surface area contributed by atoms with Crippen LogP contribution in [0.5, 0.6) is 0 Å². The third-order valence-corrected chi connectivity index (χ3v) is 5.35.